The maximum absolute atomic E-state index is 8.92. The van der Waals surface area contributed by atoms with Crippen molar-refractivity contribution in [2.45, 2.75) is 25.9 Å². The second-order valence-corrected chi connectivity index (χ2v) is 5.73. The van der Waals surface area contributed by atoms with E-state index >= 15 is 0 Å². The predicted octanol–water partition coefficient (Wildman–Crippen LogP) is 2.55. The number of nitrogens with zero attached hydrogens (tertiary/aromatic N) is 2. The van der Waals surface area contributed by atoms with Crippen LogP contribution in [-0.2, 0) is 4.74 Å². The molecule has 0 saturated carbocycles. The van der Waals surface area contributed by atoms with Crippen molar-refractivity contribution in [2.75, 3.05) is 24.6 Å². The second kappa shape index (κ2) is 6.95. The molecule has 1 aromatic carbocycles. The average Bonchev–Trinajstić information content (AvgIpc) is 2.47. The molecule has 1 fully saturated rings. The van der Waals surface area contributed by atoms with Gasteiger partial charge in [-0.3, -0.25) is 0 Å². The fourth-order valence-corrected chi connectivity index (χ4v) is 2.91. The van der Waals surface area contributed by atoms with Gasteiger partial charge in [-0.05, 0) is 38.0 Å². The molecule has 0 aliphatic carbocycles. The molecule has 110 valence electrons. The van der Waals surface area contributed by atoms with Crippen LogP contribution in [-0.4, -0.2) is 36.8 Å². The highest BCUT2D eigenvalue weighted by Crippen LogP contribution is 2.28. The topological polar surface area (TPSA) is 71.1 Å². The summed E-state index contributed by atoms with van der Waals surface area (Å²) in [5.41, 5.74) is 7.49. The Morgan fingerprint density at radius 3 is 3.10 bits per heavy atom. The third kappa shape index (κ3) is 3.43. The first-order valence-electron chi connectivity index (χ1n) is 6.79. The number of nitrogens with two attached hydrogens (primary N) is 1. The zero-order valence-electron chi connectivity index (χ0n) is 11.6. The number of hydrogen-bond acceptors (Lipinski definition) is 4. The molecular weight excluding hydrogens is 322 g/mol. The van der Waals surface area contributed by atoms with Crippen LogP contribution in [0.2, 0.25) is 0 Å². The highest BCUT2D eigenvalue weighted by molar-refractivity contribution is 9.10. The van der Waals surface area contributed by atoms with Gasteiger partial charge in [-0.2, -0.15) is 0 Å². The van der Waals surface area contributed by atoms with Gasteiger partial charge in [0, 0.05) is 35.4 Å². The number of amidine groups is 1. The molecule has 1 unspecified atom stereocenters. The second-order valence-electron chi connectivity index (χ2n) is 4.81. The standard InChI is InChI=1S/C14H20BrN3O2/c1-2-20-11-4-3-7-18(9-11)13-8-10(15)5-6-12(13)14(16)17-19/h5-6,8,11,19H,2-4,7,9H2,1H3,(H2,16,17). The van der Waals surface area contributed by atoms with Crippen molar-refractivity contribution in [3.63, 3.8) is 0 Å². The first kappa shape index (κ1) is 15.1. The maximum Gasteiger partial charge on any atom is 0.172 e. The predicted molar refractivity (Wildman–Crippen MR) is 83.5 cm³/mol. The summed E-state index contributed by atoms with van der Waals surface area (Å²) in [6.45, 7) is 4.52. The molecule has 1 atom stereocenters. The van der Waals surface area contributed by atoms with E-state index in [1.807, 2.05) is 25.1 Å². The van der Waals surface area contributed by atoms with Crippen LogP contribution in [0.5, 0.6) is 0 Å². The molecule has 0 amide bonds. The van der Waals surface area contributed by atoms with E-state index in [9.17, 15) is 0 Å². The summed E-state index contributed by atoms with van der Waals surface area (Å²) in [5.74, 6) is 0.131. The van der Waals surface area contributed by atoms with E-state index in [4.69, 9.17) is 15.7 Å². The Morgan fingerprint density at radius 2 is 2.40 bits per heavy atom. The summed E-state index contributed by atoms with van der Waals surface area (Å²) in [6.07, 6.45) is 2.40. The van der Waals surface area contributed by atoms with E-state index < -0.39 is 0 Å². The van der Waals surface area contributed by atoms with Gasteiger partial charge in [0.2, 0.25) is 0 Å². The lowest BCUT2D eigenvalue weighted by molar-refractivity contribution is 0.0526. The minimum Gasteiger partial charge on any atom is -0.409 e. The van der Waals surface area contributed by atoms with Crippen LogP contribution in [0.4, 0.5) is 5.69 Å². The number of ether oxygens (including phenoxy) is 1. The van der Waals surface area contributed by atoms with E-state index in [1.54, 1.807) is 0 Å². The van der Waals surface area contributed by atoms with Gasteiger partial charge < -0.3 is 20.6 Å². The van der Waals surface area contributed by atoms with Crippen molar-refractivity contribution >= 4 is 27.5 Å². The molecule has 1 aliphatic rings. The van der Waals surface area contributed by atoms with Crippen molar-refractivity contribution in [2.24, 2.45) is 10.9 Å². The molecule has 1 aliphatic heterocycles. The summed E-state index contributed by atoms with van der Waals surface area (Å²) in [5, 5.41) is 12.0. The van der Waals surface area contributed by atoms with Gasteiger partial charge in [-0.1, -0.05) is 21.1 Å². The molecule has 20 heavy (non-hydrogen) atoms. The summed E-state index contributed by atoms with van der Waals surface area (Å²) in [4.78, 5) is 2.24. The number of halogens is 1. The minimum absolute atomic E-state index is 0.131. The van der Waals surface area contributed by atoms with Gasteiger partial charge in [0.25, 0.3) is 0 Å². The quantitative estimate of drug-likeness (QED) is 0.382. The molecule has 1 aromatic rings. The van der Waals surface area contributed by atoms with Gasteiger partial charge in [0.05, 0.1) is 6.10 Å². The van der Waals surface area contributed by atoms with Crippen LogP contribution >= 0.6 is 15.9 Å². The molecule has 0 bridgehead atoms. The summed E-state index contributed by atoms with van der Waals surface area (Å²) in [7, 11) is 0. The van der Waals surface area contributed by atoms with Crippen LogP contribution in [0, 0.1) is 0 Å². The Kier molecular flexibility index (Phi) is 5.25. The zero-order valence-corrected chi connectivity index (χ0v) is 13.1. The molecule has 3 N–H and O–H groups in total. The van der Waals surface area contributed by atoms with Crippen LogP contribution in [0.15, 0.2) is 27.8 Å². The molecule has 1 heterocycles. The normalized spacial score (nSPS) is 20.2. The number of hydrogen-bond donors (Lipinski definition) is 2. The van der Waals surface area contributed by atoms with Crippen molar-refractivity contribution in [3.05, 3.63) is 28.2 Å². The Labute approximate surface area is 127 Å². The fourth-order valence-electron chi connectivity index (χ4n) is 2.57. The van der Waals surface area contributed by atoms with E-state index in [0.29, 0.717) is 0 Å². The monoisotopic (exact) mass is 341 g/mol. The Hall–Kier alpha value is -1.27. The molecule has 0 radical (unpaired) electrons. The Bertz CT molecular complexity index is 491. The van der Waals surface area contributed by atoms with Crippen molar-refractivity contribution in [1.82, 2.24) is 0 Å². The van der Waals surface area contributed by atoms with Crippen LogP contribution in [0.1, 0.15) is 25.3 Å². The number of anilines is 1. The zero-order chi connectivity index (χ0) is 14.5. The molecule has 0 aromatic heterocycles. The lowest BCUT2D eigenvalue weighted by atomic mass is 10.0. The maximum atomic E-state index is 8.92. The minimum atomic E-state index is 0.131. The number of benzene rings is 1. The Balaban J connectivity index is 2.28. The van der Waals surface area contributed by atoms with Gasteiger partial charge in [0.15, 0.2) is 5.84 Å². The van der Waals surface area contributed by atoms with E-state index in [1.165, 1.54) is 0 Å². The molecule has 0 spiro atoms. The molecular formula is C14H20BrN3O2. The van der Waals surface area contributed by atoms with Crippen molar-refractivity contribution < 1.29 is 9.94 Å². The van der Waals surface area contributed by atoms with E-state index in [0.717, 1.165) is 48.3 Å². The third-order valence-electron chi connectivity index (χ3n) is 3.46. The molecule has 6 heteroatoms. The molecule has 1 saturated heterocycles. The van der Waals surface area contributed by atoms with Crippen LogP contribution in [0.3, 0.4) is 0 Å². The van der Waals surface area contributed by atoms with Gasteiger partial charge in [0.1, 0.15) is 0 Å². The lowest BCUT2D eigenvalue weighted by Crippen LogP contribution is -2.40. The fraction of sp³-hybridized carbons (Fsp3) is 0.500. The summed E-state index contributed by atoms with van der Waals surface area (Å²) in [6, 6.07) is 5.75. The first-order valence-corrected chi connectivity index (χ1v) is 7.59. The van der Waals surface area contributed by atoms with Crippen molar-refractivity contribution in [3.8, 4) is 0 Å². The van der Waals surface area contributed by atoms with Gasteiger partial charge in [-0.25, -0.2) is 0 Å². The van der Waals surface area contributed by atoms with Gasteiger partial charge in [-0.15, -0.1) is 0 Å². The third-order valence-corrected chi connectivity index (χ3v) is 3.96. The lowest BCUT2D eigenvalue weighted by Gasteiger charge is -2.35. The largest absolute Gasteiger partial charge is 0.409 e. The highest BCUT2D eigenvalue weighted by Gasteiger charge is 2.23. The summed E-state index contributed by atoms with van der Waals surface area (Å²) >= 11 is 3.48. The average molecular weight is 342 g/mol. The molecule has 5 nitrogen and oxygen atoms in total. The van der Waals surface area contributed by atoms with Gasteiger partial charge >= 0.3 is 0 Å². The number of oxime groups is 1. The van der Waals surface area contributed by atoms with E-state index in [-0.39, 0.29) is 11.9 Å². The van der Waals surface area contributed by atoms with Crippen LogP contribution < -0.4 is 10.6 Å². The smallest absolute Gasteiger partial charge is 0.172 e. The Morgan fingerprint density at radius 1 is 1.60 bits per heavy atom. The van der Waals surface area contributed by atoms with Crippen LogP contribution in [0.25, 0.3) is 0 Å². The van der Waals surface area contributed by atoms with Crippen molar-refractivity contribution in [1.29, 1.82) is 0 Å². The summed E-state index contributed by atoms with van der Waals surface area (Å²) < 4.78 is 6.70. The SMILES string of the molecule is CCOC1CCCN(c2cc(Br)ccc2/C(N)=N/O)C1. The van der Waals surface area contributed by atoms with E-state index in [2.05, 4.69) is 26.0 Å². The number of piperidine rings is 1. The number of rotatable bonds is 4. The highest BCUT2D eigenvalue weighted by atomic mass is 79.9. The molecule has 2 rings (SSSR count). The first-order chi connectivity index (χ1) is 9.65.